The van der Waals surface area contributed by atoms with E-state index in [1.54, 1.807) is 12.1 Å². The molecular formula is C22H28N2O2S. The van der Waals surface area contributed by atoms with Crippen molar-refractivity contribution in [1.82, 2.24) is 10.6 Å². The van der Waals surface area contributed by atoms with Crippen molar-refractivity contribution in [1.29, 1.82) is 0 Å². The molecule has 1 amide bonds. The Morgan fingerprint density at radius 3 is 2.41 bits per heavy atom. The van der Waals surface area contributed by atoms with Crippen LogP contribution in [0.15, 0.2) is 54.6 Å². The minimum absolute atomic E-state index is 0.0162. The highest BCUT2D eigenvalue weighted by Gasteiger charge is 2.11. The minimum Gasteiger partial charge on any atom is -0.494 e. The summed E-state index contributed by atoms with van der Waals surface area (Å²) in [6.45, 7) is 4.89. The number of hydrogen-bond donors (Lipinski definition) is 2. The third-order valence-corrected chi connectivity index (χ3v) is 4.48. The Bertz CT molecular complexity index is 717. The lowest BCUT2D eigenvalue weighted by molar-refractivity contribution is 0.0976. The molecule has 0 fully saturated rings. The lowest BCUT2D eigenvalue weighted by Gasteiger charge is -2.16. The van der Waals surface area contributed by atoms with Crippen LogP contribution in [0.5, 0.6) is 5.75 Å². The summed E-state index contributed by atoms with van der Waals surface area (Å²) in [5, 5.41) is 6.16. The van der Waals surface area contributed by atoms with Crippen LogP contribution in [0.4, 0.5) is 0 Å². The summed E-state index contributed by atoms with van der Waals surface area (Å²) >= 11 is 5.26. The molecule has 2 rings (SSSR count). The molecular weight excluding hydrogens is 356 g/mol. The van der Waals surface area contributed by atoms with Crippen LogP contribution in [0.25, 0.3) is 0 Å². The number of hydrogen-bond acceptors (Lipinski definition) is 3. The number of nitrogens with one attached hydrogen (secondary N) is 2. The minimum atomic E-state index is -0.234. The van der Waals surface area contributed by atoms with E-state index < -0.39 is 0 Å². The molecule has 27 heavy (non-hydrogen) atoms. The van der Waals surface area contributed by atoms with Crippen LogP contribution >= 0.6 is 12.2 Å². The second kappa shape index (κ2) is 11.3. The summed E-state index contributed by atoms with van der Waals surface area (Å²) in [4.78, 5) is 12.3. The van der Waals surface area contributed by atoms with Gasteiger partial charge in [-0.2, -0.15) is 0 Å². The van der Waals surface area contributed by atoms with Crippen molar-refractivity contribution in [3.05, 3.63) is 65.7 Å². The lowest BCUT2D eigenvalue weighted by Crippen LogP contribution is -2.40. The topological polar surface area (TPSA) is 50.4 Å². The SMILES string of the molecule is CCCCCCOc1ccc(C(=O)NC(=S)NC(C)c2ccccc2)cc1. The lowest BCUT2D eigenvalue weighted by atomic mass is 10.1. The van der Waals surface area contributed by atoms with E-state index in [-0.39, 0.29) is 11.9 Å². The van der Waals surface area contributed by atoms with Crippen LogP contribution in [0.3, 0.4) is 0 Å². The summed E-state index contributed by atoms with van der Waals surface area (Å²) in [5.74, 6) is 0.545. The molecule has 0 aromatic heterocycles. The zero-order valence-electron chi connectivity index (χ0n) is 16.0. The van der Waals surface area contributed by atoms with Gasteiger partial charge in [0.2, 0.25) is 0 Å². The van der Waals surface area contributed by atoms with Gasteiger partial charge in [-0.25, -0.2) is 0 Å². The number of thiocarbonyl (C=S) groups is 1. The number of amides is 1. The number of carbonyl (C=O) groups is 1. The molecule has 5 heteroatoms. The Labute approximate surface area is 167 Å². The van der Waals surface area contributed by atoms with E-state index in [0.717, 1.165) is 17.7 Å². The van der Waals surface area contributed by atoms with E-state index in [9.17, 15) is 4.79 Å². The monoisotopic (exact) mass is 384 g/mol. The maximum absolute atomic E-state index is 12.3. The third-order valence-electron chi connectivity index (χ3n) is 4.26. The van der Waals surface area contributed by atoms with Crippen molar-refractivity contribution in [2.24, 2.45) is 0 Å². The molecule has 0 saturated heterocycles. The Balaban J connectivity index is 1.78. The van der Waals surface area contributed by atoms with E-state index in [2.05, 4.69) is 17.6 Å². The molecule has 0 saturated carbocycles. The normalized spacial score (nSPS) is 11.5. The average Bonchev–Trinajstić information content (AvgIpc) is 2.68. The van der Waals surface area contributed by atoms with E-state index in [0.29, 0.717) is 17.3 Å². The zero-order valence-corrected chi connectivity index (χ0v) is 16.9. The largest absolute Gasteiger partial charge is 0.494 e. The smallest absolute Gasteiger partial charge is 0.257 e. The maximum atomic E-state index is 12.3. The molecule has 1 atom stereocenters. The Morgan fingerprint density at radius 2 is 1.74 bits per heavy atom. The third kappa shape index (κ3) is 7.39. The molecule has 2 aromatic carbocycles. The standard InChI is InChI=1S/C22H28N2O2S/c1-3-4-5-9-16-26-20-14-12-19(13-15-20)21(25)24-22(27)23-17(2)18-10-7-6-8-11-18/h6-8,10-15,17H,3-5,9,16H2,1-2H3,(H2,23,24,25,27). The number of benzene rings is 2. The van der Waals surface area contributed by atoms with Gasteiger partial charge in [0.25, 0.3) is 5.91 Å². The van der Waals surface area contributed by atoms with Crippen LogP contribution in [-0.2, 0) is 0 Å². The quantitative estimate of drug-likeness (QED) is 0.471. The molecule has 0 heterocycles. The van der Waals surface area contributed by atoms with Crippen LogP contribution in [0.2, 0.25) is 0 Å². The average molecular weight is 385 g/mol. The van der Waals surface area contributed by atoms with Crippen molar-refractivity contribution in [2.75, 3.05) is 6.61 Å². The van der Waals surface area contributed by atoms with Crippen molar-refractivity contribution < 1.29 is 9.53 Å². The van der Waals surface area contributed by atoms with Gasteiger partial charge in [-0.15, -0.1) is 0 Å². The molecule has 0 aliphatic carbocycles. The molecule has 0 aliphatic rings. The fraction of sp³-hybridized carbons (Fsp3) is 0.364. The van der Waals surface area contributed by atoms with Gasteiger partial charge < -0.3 is 10.1 Å². The summed E-state index contributed by atoms with van der Waals surface area (Å²) in [7, 11) is 0. The number of carbonyl (C=O) groups excluding carboxylic acids is 1. The summed E-state index contributed by atoms with van der Waals surface area (Å²) in [6.07, 6.45) is 4.68. The van der Waals surface area contributed by atoms with Gasteiger partial charge >= 0.3 is 0 Å². The highest BCUT2D eigenvalue weighted by molar-refractivity contribution is 7.80. The molecule has 0 spiro atoms. The fourth-order valence-corrected chi connectivity index (χ4v) is 2.92. The van der Waals surface area contributed by atoms with E-state index in [1.807, 2.05) is 49.4 Å². The second-order valence-corrected chi connectivity index (χ2v) is 6.90. The van der Waals surface area contributed by atoms with Crippen molar-refractivity contribution >= 4 is 23.2 Å². The summed E-state index contributed by atoms with van der Waals surface area (Å²) in [6, 6.07) is 17.1. The van der Waals surface area contributed by atoms with Gasteiger partial charge in [-0.3, -0.25) is 10.1 Å². The highest BCUT2D eigenvalue weighted by Crippen LogP contribution is 2.14. The highest BCUT2D eigenvalue weighted by atomic mass is 32.1. The number of ether oxygens (including phenoxy) is 1. The van der Waals surface area contributed by atoms with Crippen LogP contribution in [-0.4, -0.2) is 17.6 Å². The first-order valence-electron chi connectivity index (χ1n) is 9.49. The van der Waals surface area contributed by atoms with Gasteiger partial charge in [-0.1, -0.05) is 56.5 Å². The van der Waals surface area contributed by atoms with Gasteiger partial charge in [0.15, 0.2) is 5.11 Å². The zero-order chi connectivity index (χ0) is 19.5. The van der Waals surface area contributed by atoms with Crippen molar-refractivity contribution in [3.8, 4) is 5.75 Å². The molecule has 0 aliphatic heterocycles. The Kier molecular flexibility index (Phi) is 8.78. The Hall–Kier alpha value is -2.40. The molecule has 0 radical (unpaired) electrons. The molecule has 2 N–H and O–H groups in total. The van der Waals surface area contributed by atoms with Crippen LogP contribution in [0.1, 0.15) is 61.5 Å². The van der Waals surface area contributed by atoms with E-state index >= 15 is 0 Å². The number of unbranched alkanes of at least 4 members (excludes halogenated alkanes) is 3. The van der Waals surface area contributed by atoms with Gasteiger partial charge in [-0.05, 0) is 55.4 Å². The van der Waals surface area contributed by atoms with E-state index in [4.69, 9.17) is 17.0 Å². The number of rotatable bonds is 9. The predicted octanol–water partition coefficient (Wildman–Crippen LogP) is 5.01. The molecule has 144 valence electrons. The summed E-state index contributed by atoms with van der Waals surface area (Å²) < 4.78 is 5.70. The molecule has 0 bridgehead atoms. The van der Waals surface area contributed by atoms with Crippen molar-refractivity contribution in [3.63, 3.8) is 0 Å². The fourth-order valence-electron chi connectivity index (χ4n) is 2.65. The van der Waals surface area contributed by atoms with E-state index in [1.165, 1.54) is 19.3 Å². The maximum Gasteiger partial charge on any atom is 0.257 e. The van der Waals surface area contributed by atoms with Gasteiger partial charge in [0.1, 0.15) is 5.75 Å². The van der Waals surface area contributed by atoms with Crippen LogP contribution in [0, 0.1) is 0 Å². The molecule has 2 aromatic rings. The first-order chi connectivity index (χ1) is 13.1. The first-order valence-corrected chi connectivity index (χ1v) is 9.90. The molecule has 1 unspecified atom stereocenters. The second-order valence-electron chi connectivity index (χ2n) is 6.49. The van der Waals surface area contributed by atoms with Crippen molar-refractivity contribution in [2.45, 2.75) is 45.6 Å². The first kappa shape index (κ1) is 20.9. The van der Waals surface area contributed by atoms with Crippen LogP contribution < -0.4 is 15.4 Å². The summed E-state index contributed by atoms with van der Waals surface area (Å²) in [5.41, 5.74) is 1.65. The van der Waals surface area contributed by atoms with Gasteiger partial charge in [0.05, 0.1) is 12.6 Å². The Morgan fingerprint density at radius 1 is 1.04 bits per heavy atom. The van der Waals surface area contributed by atoms with Gasteiger partial charge in [0, 0.05) is 5.56 Å². The molecule has 4 nitrogen and oxygen atoms in total. The predicted molar refractivity (Wildman–Crippen MR) is 114 cm³/mol.